The largest absolute Gasteiger partial charge is 0.436 e. The Balaban J connectivity index is 0.000000402. The number of nitrogens with two attached hydrogens (primary N) is 1. The van der Waals surface area contributed by atoms with Gasteiger partial charge in [0.2, 0.25) is 0 Å². The molecule has 0 aromatic carbocycles. The Morgan fingerprint density at radius 1 is 1.36 bits per heavy atom. The van der Waals surface area contributed by atoms with E-state index < -0.39 is 11.2 Å². The SMILES string of the molecule is CC1(O)CCC2CC1(O)C2(C)C.Cl.NC(CCCBr)OBO. The van der Waals surface area contributed by atoms with Crippen LogP contribution in [0.25, 0.3) is 0 Å². The lowest BCUT2D eigenvalue weighted by Gasteiger charge is -2.68. The fourth-order valence-electron chi connectivity index (χ4n) is 3.58. The van der Waals surface area contributed by atoms with Gasteiger partial charge in [0.15, 0.2) is 0 Å². The summed E-state index contributed by atoms with van der Waals surface area (Å²) in [5.74, 6) is 0.614. The monoisotopic (exact) mass is 401 g/mol. The zero-order valence-electron chi connectivity index (χ0n) is 13.7. The average molecular weight is 403 g/mol. The predicted octanol–water partition coefficient (Wildman–Crippen LogP) is 1.45. The van der Waals surface area contributed by atoms with Crippen molar-refractivity contribution in [3.63, 3.8) is 0 Å². The Labute approximate surface area is 148 Å². The lowest BCUT2D eigenvalue weighted by molar-refractivity contribution is -0.312. The number of rotatable bonds is 5. The molecule has 0 aliphatic heterocycles. The van der Waals surface area contributed by atoms with Crippen molar-refractivity contribution < 1.29 is 19.9 Å². The molecule has 3 aliphatic carbocycles. The van der Waals surface area contributed by atoms with Gasteiger partial charge in [-0.25, -0.2) is 0 Å². The normalized spacial score (nSPS) is 36.1. The summed E-state index contributed by atoms with van der Waals surface area (Å²) in [6.07, 6.45) is 4.03. The van der Waals surface area contributed by atoms with Crippen molar-refractivity contribution >= 4 is 36.0 Å². The first-order valence-corrected chi connectivity index (χ1v) is 8.73. The molecular weight excluding hydrogens is 372 g/mol. The fraction of sp³-hybridized carbons (Fsp3) is 1.00. The number of fused-ring (bicyclic) bond motifs is 2. The van der Waals surface area contributed by atoms with Crippen molar-refractivity contribution in [2.75, 3.05) is 5.33 Å². The van der Waals surface area contributed by atoms with Gasteiger partial charge in [0.05, 0.1) is 17.4 Å². The first-order valence-electron chi connectivity index (χ1n) is 7.61. The molecule has 5 nitrogen and oxygen atoms in total. The van der Waals surface area contributed by atoms with Gasteiger partial charge in [-0.05, 0) is 50.4 Å². The minimum Gasteiger partial charge on any atom is -0.430 e. The van der Waals surface area contributed by atoms with Crippen LogP contribution in [0.5, 0.6) is 0 Å². The van der Waals surface area contributed by atoms with Crippen LogP contribution in [0.2, 0.25) is 0 Å². The number of hydrogen-bond acceptors (Lipinski definition) is 5. The van der Waals surface area contributed by atoms with E-state index in [4.69, 9.17) is 10.8 Å². The van der Waals surface area contributed by atoms with Crippen LogP contribution in [0, 0.1) is 11.3 Å². The zero-order chi connectivity index (χ0) is 16.3. The third kappa shape index (κ3) is 4.38. The molecule has 4 unspecified atom stereocenters. The summed E-state index contributed by atoms with van der Waals surface area (Å²) >= 11 is 3.26. The van der Waals surface area contributed by atoms with Crippen molar-refractivity contribution in [2.45, 2.75) is 70.3 Å². The van der Waals surface area contributed by atoms with E-state index in [2.05, 4.69) is 34.4 Å². The summed E-state index contributed by atoms with van der Waals surface area (Å²) < 4.78 is 4.66. The fourth-order valence-corrected chi connectivity index (χ4v) is 3.90. The van der Waals surface area contributed by atoms with Gasteiger partial charge >= 0.3 is 7.69 Å². The van der Waals surface area contributed by atoms with Crippen molar-refractivity contribution in [1.82, 2.24) is 0 Å². The van der Waals surface area contributed by atoms with Crippen LogP contribution in [0.4, 0.5) is 0 Å². The number of halogens is 2. The van der Waals surface area contributed by atoms with Crippen molar-refractivity contribution in [2.24, 2.45) is 17.1 Å². The lowest BCUT2D eigenvalue weighted by Crippen LogP contribution is -2.74. The van der Waals surface area contributed by atoms with Crippen LogP contribution in [0.1, 0.15) is 52.9 Å². The van der Waals surface area contributed by atoms with Gasteiger partial charge in [-0.3, -0.25) is 0 Å². The van der Waals surface area contributed by atoms with Gasteiger partial charge in [-0.2, -0.15) is 0 Å². The minimum absolute atomic E-state index is 0. The van der Waals surface area contributed by atoms with Crippen molar-refractivity contribution in [3.05, 3.63) is 0 Å². The molecular formula is C14H30BBrClNO4. The molecule has 2 bridgehead atoms. The smallest absolute Gasteiger partial charge is 0.430 e. The Morgan fingerprint density at radius 2 is 1.95 bits per heavy atom. The second kappa shape index (κ2) is 8.65. The molecule has 22 heavy (non-hydrogen) atoms. The van der Waals surface area contributed by atoms with Gasteiger partial charge in [0.1, 0.15) is 0 Å². The van der Waals surface area contributed by atoms with Gasteiger partial charge < -0.3 is 25.6 Å². The van der Waals surface area contributed by atoms with E-state index in [1.54, 1.807) is 6.92 Å². The Kier molecular flexibility index (Phi) is 8.90. The summed E-state index contributed by atoms with van der Waals surface area (Å²) in [6, 6.07) is 0. The van der Waals surface area contributed by atoms with E-state index in [0.717, 1.165) is 37.4 Å². The molecule has 0 radical (unpaired) electrons. The van der Waals surface area contributed by atoms with Crippen LogP contribution in [-0.2, 0) is 4.65 Å². The van der Waals surface area contributed by atoms with E-state index >= 15 is 0 Å². The third-order valence-electron chi connectivity index (χ3n) is 5.41. The highest BCUT2D eigenvalue weighted by Crippen LogP contribution is 2.65. The van der Waals surface area contributed by atoms with Crippen LogP contribution < -0.4 is 5.73 Å². The van der Waals surface area contributed by atoms with Crippen LogP contribution in [-0.4, -0.2) is 45.7 Å². The number of hydrogen-bond donors (Lipinski definition) is 4. The topological polar surface area (TPSA) is 95.9 Å². The maximum atomic E-state index is 10.2. The van der Waals surface area contributed by atoms with Gasteiger partial charge in [0.25, 0.3) is 0 Å². The van der Waals surface area contributed by atoms with Crippen LogP contribution in [0.15, 0.2) is 0 Å². The highest BCUT2D eigenvalue weighted by molar-refractivity contribution is 9.09. The second-order valence-corrected chi connectivity index (χ2v) is 7.75. The minimum atomic E-state index is -0.870. The molecule has 3 fully saturated rings. The second-order valence-electron chi connectivity index (χ2n) is 6.96. The highest BCUT2D eigenvalue weighted by Gasteiger charge is 2.69. The summed E-state index contributed by atoms with van der Waals surface area (Å²) in [5, 5.41) is 29.4. The number of aliphatic hydroxyl groups is 2. The standard InChI is InChI=1S/C10H18O2.C4H11BBrNO2.ClH/c1-8(2)7-4-5-9(3,11)10(8,12)6-7;6-3-1-2-4(7)9-5-8;/h7,11-12H,4-6H2,1-3H3;4-5,8H,1-3,7H2;1H. The van der Waals surface area contributed by atoms with E-state index in [9.17, 15) is 10.2 Å². The molecule has 3 aliphatic rings. The molecule has 5 N–H and O–H groups in total. The summed E-state index contributed by atoms with van der Waals surface area (Å²) in [6.45, 7) is 5.90. The van der Waals surface area contributed by atoms with E-state index in [1.165, 1.54) is 0 Å². The lowest BCUT2D eigenvalue weighted by atomic mass is 9.41. The maximum absolute atomic E-state index is 10.2. The Morgan fingerprint density at radius 3 is 2.32 bits per heavy atom. The first kappa shape index (κ1) is 22.6. The van der Waals surface area contributed by atoms with Crippen molar-refractivity contribution in [1.29, 1.82) is 0 Å². The maximum Gasteiger partial charge on any atom is 0.436 e. The van der Waals surface area contributed by atoms with E-state index in [1.807, 2.05) is 0 Å². The molecule has 0 saturated heterocycles. The Bertz CT molecular complexity index is 339. The zero-order valence-corrected chi connectivity index (χ0v) is 16.1. The summed E-state index contributed by atoms with van der Waals surface area (Å²) in [7, 11) is -0.288. The molecule has 0 aromatic rings. The highest BCUT2D eigenvalue weighted by atomic mass is 79.9. The molecule has 0 amide bonds. The van der Waals surface area contributed by atoms with Gasteiger partial charge in [-0.1, -0.05) is 29.8 Å². The Hall–Kier alpha value is 0.635. The van der Waals surface area contributed by atoms with Gasteiger partial charge in [0, 0.05) is 5.33 Å². The van der Waals surface area contributed by atoms with Crippen LogP contribution >= 0.6 is 28.3 Å². The van der Waals surface area contributed by atoms with E-state index in [-0.39, 0.29) is 31.7 Å². The molecule has 0 aromatic heterocycles. The quantitative estimate of drug-likeness (QED) is 0.317. The molecule has 3 saturated carbocycles. The molecule has 0 heterocycles. The van der Waals surface area contributed by atoms with Gasteiger partial charge in [-0.15, -0.1) is 12.4 Å². The van der Waals surface area contributed by atoms with Crippen molar-refractivity contribution in [3.8, 4) is 0 Å². The molecule has 4 atom stereocenters. The first-order chi connectivity index (χ1) is 9.62. The molecule has 132 valence electrons. The summed E-state index contributed by atoms with van der Waals surface area (Å²) in [4.78, 5) is 0. The number of alkyl halides is 1. The van der Waals surface area contributed by atoms with Crippen LogP contribution in [0.3, 0.4) is 0 Å². The third-order valence-corrected chi connectivity index (χ3v) is 5.97. The summed E-state index contributed by atoms with van der Waals surface area (Å²) in [5.41, 5.74) is 3.58. The molecule has 3 rings (SSSR count). The molecule has 8 heteroatoms. The average Bonchev–Trinajstić information content (AvgIpc) is 2.40. The van der Waals surface area contributed by atoms with E-state index in [0.29, 0.717) is 5.92 Å². The predicted molar refractivity (Wildman–Crippen MR) is 95.4 cm³/mol. The molecule has 0 spiro atoms.